The first-order valence-electron chi connectivity index (χ1n) is 9.69. The van der Waals surface area contributed by atoms with Crippen molar-refractivity contribution in [1.29, 1.82) is 0 Å². The molecule has 0 aromatic heterocycles. The van der Waals surface area contributed by atoms with Crippen LogP contribution in [0.3, 0.4) is 0 Å². The first kappa shape index (κ1) is 16.7. The van der Waals surface area contributed by atoms with Crippen molar-refractivity contribution in [3.8, 4) is 0 Å². The number of allylic oxidation sites excluding steroid dienone is 2. The number of nitrogens with zero attached hydrogens (tertiary/aromatic N) is 1. The number of amides is 3. The molecule has 3 amide bonds. The van der Waals surface area contributed by atoms with Crippen molar-refractivity contribution < 1.29 is 19.1 Å². The second-order valence-electron chi connectivity index (χ2n) is 7.91. The molecular weight excluding hydrogens is 344 g/mol. The highest BCUT2D eigenvalue weighted by molar-refractivity contribution is 6.23. The minimum Gasteiger partial charge on any atom is -0.376 e. The van der Waals surface area contributed by atoms with Crippen LogP contribution in [0.2, 0.25) is 0 Å². The molecule has 140 valence electrons. The molecule has 6 heteroatoms. The van der Waals surface area contributed by atoms with Gasteiger partial charge in [0.2, 0.25) is 11.8 Å². The van der Waals surface area contributed by atoms with Gasteiger partial charge >= 0.3 is 0 Å². The van der Waals surface area contributed by atoms with E-state index in [9.17, 15) is 14.4 Å². The third kappa shape index (κ3) is 2.62. The Kier molecular flexibility index (Phi) is 3.90. The summed E-state index contributed by atoms with van der Waals surface area (Å²) in [6.07, 6.45) is 7.11. The van der Waals surface area contributed by atoms with Gasteiger partial charge in [0.15, 0.2) is 0 Å². The van der Waals surface area contributed by atoms with Crippen LogP contribution in [0.5, 0.6) is 0 Å². The van der Waals surface area contributed by atoms with Gasteiger partial charge in [-0.3, -0.25) is 14.4 Å². The quantitative estimate of drug-likeness (QED) is 0.652. The van der Waals surface area contributed by atoms with E-state index in [4.69, 9.17) is 4.74 Å². The van der Waals surface area contributed by atoms with Crippen molar-refractivity contribution in [2.75, 3.05) is 18.1 Å². The highest BCUT2D eigenvalue weighted by atomic mass is 16.5. The molecule has 1 N–H and O–H groups in total. The fourth-order valence-corrected chi connectivity index (χ4v) is 5.06. The second kappa shape index (κ2) is 6.30. The monoisotopic (exact) mass is 366 g/mol. The van der Waals surface area contributed by atoms with Gasteiger partial charge < -0.3 is 10.1 Å². The van der Waals surface area contributed by atoms with Crippen LogP contribution in [0.1, 0.15) is 29.6 Å². The molecule has 2 aliphatic carbocycles. The Morgan fingerprint density at radius 3 is 2.56 bits per heavy atom. The maximum atomic E-state index is 12.9. The van der Waals surface area contributed by atoms with Crippen molar-refractivity contribution in [3.63, 3.8) is 0 Å². The van der Waals surface area contributed by atoms with Crippen LogP contribution in [0.25, 0.3) is 0 Å². The Morgan fingerprint density at radius 2 is 1.89 bits per heavy atom. The van der Waals surface area contributed by atoms with E-state index in [2.05, 4.69) is 17.5 Å². The molecule has 2 bridgehead atoms. The number of nitrogens with one attached hydrogen (secondary N) is 1. The van der Waals surface area contributed by atoms with Gasteiger partial charge in [0.05, 0.1) is 23.6 Å². The zero-order chi connectivity index (χ0) is 18.5. The average Bonchev–Trinajstić information content (AvgIpc) is 3.45. The van der Waals surface area contributed by atoms with Gasteiger partial charge in [-0.2, -0.15) is 0 Å². The smallest absolute Gasteiger partial charge is 0.251 e. The van der Waals surface area contributed by atoms with Gasteiger partial charge in [0.1, 0.15) is 0 Å². The third-order valence-electron chi connectivity index (χ3n) is 6.35. The van der Waals surface area contributed by atoms with Gasteiger partial charge in [-0.25, -0.2) is 4.90 Å². The summed E-state index contributed by atoms with van der Waals surface area (Å²) >= 11 is 0. The van der Waals surface area contributed by atoms with E-state index in [0.717, 1.165) is 25.9 Å². The number of carbonyl (C=O) groups excluding carboxylic acids is 3. The lowest BCUT2D eigenvalue weighted by molar-refractivity contribution is -0.123. The number of imide groups is 1. The first-order valence-corrected chi connectivity index (χ1v) is 9.69. The van der Waals surface area contributed by atoms with Crippen LogP contribution in [-0.4, -0.2) is 37.0 Å². The largest absolute Gasteiger partial charge is 0.376 e. The van der Waals surface area contributed by atoms with Crippen molar-refractivity contribution in [3.05, 3.63) is 42.0 Å². The molecule has 6 nitrogen and oxygen atoms in total. The molecule has 2 saturated heterocycles. The normalized spacial score (nSPS) is 33.8. The highest BCUT2D eigenvalue weighted by Gasteiger charge is 2.59. The van der Waals surface area contributed by atoms with Gasteiger partial charge in [0, 0.05) is 18.7 Å². The predicted molar refractivity (Wildman–Crippen MR) is 98.0 cm³/mol. The molecule has 1 aromatic rings. The summed E-state index contributed by atoms with van der Waals surface area (Å²) in [5.41, 5.74) is 0.938. The minimum absolute atomic E-state index is 0.0706. The molecule has 0 radical (unpaired) electrons. The molecule has 3 fully saturated rings. The van der Waals surface area contributed by atoms with Crippen LogP contribution < -0.4 is 10.2 Å². The third-order valence-corrected chi connectivity index (χ3v) is 6.35. The summed E-state index contributed by atoms with van der Waals surface area (Å²) in [5.74, 6) is -0.571. The number of anilines is 1. The standard InChI is InChI=1S/C21H22N2O4/c24-19(22-11-16-5-2-8-27-16)14-3-1-4-15(10-14)23-20(25)17-12-6-7-13(9-12)18(17)21(23)26/h1,3-4,6-7,10,12-13,16-18H,2,5,8-9,11H2,(H,22,24)/t12-,13-,16-,17-,18+/m0/s1. The number of hydrogen-bond acceptors (Lipinski definition) is 4. The summed E-state index contributed by atoms with van der Waals surface area (Å²) < 4.78 is 5.52. The molecule has 5 rings (SSSR count). The van der Waals surface area contributed by atoms with E-state index < -0.39 is 0 Å². The van der Waals surface area contributed by atoms with Gasteiger partial charge in [0.25, 0.3) is 5.91 Å². The predicted octanol–water partition coefficient (Wildman–Crippen LogP) is 1.91. The lowest BCUT2D eigenvalue weighted by Gasteiger charge is -2.18. The molecule has 2 aliphatic heterocycles. The zero-order valence-corrected chi connectivity index (χ0v) is 15.0. The van der Waals surface area contributed by atoms with E-state index in [-0.39, 0.29) is 47.5 Å². The zero-order valence-electron chi connectivity index (χ0n) is 15.0. The number of rotatable bonds is 4. The van der Waals surface area contributed by atoms with Crippen LogP contribution >= 0.6 is 0 Å². The van der Waals surface area contributed by atoms with Gasteiger partial charge in [-0.15, -0.1) is 0 Å². The lowest BCUT2D eigenvalue weighted by Crippen LogP contribution is -2.34. The Hall–Kier alpha value is -2.47. The number of ether oxygens (including phenoxy) is 1. The molecule has 27 heavy (non-hydrogen) atoms. The summed E-state index contributed by atoms with van der Waals surface area (Å²) in [4.78, 5) is 39.6. The van der Waals surface area contributed by atoms with Gasteiger partial charge in [-0.05, 0) is 49.3 Å². The molecule has 2 heterocycles. The fraction of sp³-hybridized carbons (Fsp3) is 0.476. The molecule has 1 aromatic carbocycles. The molecule has 0 spiro atoms. The van der Waals surface area contributed by atoms with Crippen LogP contribution in [0.4, 0.5) is 5.69 Å². The summed E-state index contributed by atoms with van der Waals surface area (Å²) in [6.45, 7) is 1.22. The van der Waals surface area contributed by atoms with E-state index >= 15 is 0 Å². The Bertz CT molecular complexity index is 812. The van der Waals surface area contributed by atoms with E-state index in [0.29, 0.717) is 17.8 Å². The summed E-state index contributed by atoms with van der Waals surface area (Å²) in [7, 11) is 0. The number of hydrogen-bond donors (Lipinski definition) is 1. The Balaban J connectivity index is 1.34. The number of benzene rings is 1. The van der Waals surface area contributed by atoms with E-state index in [1.807, 2.05) is 0 Å². The van der Waals surface area contributed by atoms with Crippen molar-refractivity contribution in [2.24, 2.45) is 23.7 Å². The SMILES string of the molecule is O=C(NC[C@@H]1CCCO1)c1cccc(N2C(=O)[C@@H]3[C@H](C2=O)[C@H]2C=C[C@H]3C2)c1. The van der Waals surface area contributed by atoms with Crippen LogP contribution in [-0.2, 0) is 14.3 Å². The average molecular weight is 366 g/mol. The summed E-state index contributed by atoms with van der Waals surface area (Å²) in [6, 6.07) is 6.78. The Morgan fingerprint density at radius 1 is 1.15 bits per heavy atom. The number of carbonyl (C=O) groups is 3. The summed E-state index contributed by atoms with van der Waals surface area (Å²) in [5, 5.41) is 2.88. The highest BCUT2D eigenvalue weighted by Crippen LogP contribution is 2.53. The molecule has 4 aliphatic rings. The van der Waals surface area contributed by atoms with Crippen LogP contribution in [0.15, 0.2) is 36.4 Å². The molecule has 0 unspecified atom stereocenters. The van der Waals surface area contributed by atoms with Gasteiger partial charge in [-0.1, -0.05) is 18.2 Å². The van der Waals surface area contributed by atoms with Crippen molar-refractivity contribution in [2.45, 2.75) is 25.4 Å². The fourth-order valence-electron chi connectivity index (χ4n) is 5.06. The lowest BCUT2D eigenvalue weighted by atomic mass is 9.85. The van der Waals surface area contributed by atoms with Crippen molar-refractivity contribution >= 4 is 23.4 Å². The van der Waals surface area contributed by atoms with E-state index in [1.54, 1.807) is 24.3 Å². The molecular formula is C21H22N2O4. The maximum absolute atomic E-state index is 12.9. The first-order chi connectivity index (χ1) is 13.1. The number of fused-ring (bicyclic) bond motifs is 5. The minimum atomic E-state index is -0.232. The van der Waals surface area contributed by atoms with Crippen molar-refractivity contribution in [1.82, 2.24) is 5.32 Å². The maximum Gasteiger partial charge on any atom is 0.251 e. The molecule has 1 saturated carbocycles. The van der Waals surface area contributed by atoms with E-state index in [1.165, 1.54) is 4.90 Å². The Labute approximate surface area is 157 Å². The van der Waals surface area contributed by atoms with Crippen LogP contribution in [0, 0.1) is 23.7 Å². The molecule has 5 atom stereocenters. The second-order valence-corrected chi connectivity index (χ2v) is 7.91. The topological polar surface area (TPSA) is 75.7 Å².